The standard InChI is InChI=1S/C12H9F4N3O/c13-10-8(12(14,15)16)2-1-3-9(10)19-11-17-5-4-7(6-20)18-11/h1-5,20H,6H2,(H,17,18,19). The number of anilines is 2. The summed E-state index contributed by atoms with van der Waals surface area (Å²) in [4.78, 5) is 7.53. The minimum Gasteiger partial charge on any atom is -0.390 e. The Bertz CT molecular complexity index is 616. The smallest absolute Gasteiger partial charge is 0.390 e. The number of nitrogens with one attached hydrogen (secondary N) is 1. The quantitative estimate of drug-likeness (QED) is 0.852. The molecular weight excluding hydrogens is 278 g/mol. The van der Waals surface area contributed by atoms with Gasteiger partial charge in [-0.3, -0.25) is 0 Å². The second-order valence-corrected chi connectivity index (χ2v) is 3.82. The van der Waals surface area contributed by atoms with Crippen LogP contribution in [0.1, 0.15) is 11.3 Å². The zero-order valence-corrected chi connectivity index (χ0v) is 9.95. The Morgan fingerprint density at radius 2 is 1.95 bits per heavy atom. The molecule has 1 aromatic carbocycles. The highest BCUT2D eigenvalue weighted by Crippen LogP contribution is 2.34. The number of hydrogen-bond acceptors (Lipinski definition) is 4. The van der Waals surface area contributed by atoms with Crippen LogP contribution in [0.2, 0.25) is 0 Å². The van der Waals surface area contributed by atoms with E-state index in [9.17, 15) is 17.6 Å². The summed E-state index contributed by atoms with van der Waals surface area (Å²) < 4.78 is 51.4. The molecule has 0 aliphatic rings. The van der Waals surface area contributed by atoms with Crippen molar-refractivity contribution in [1.82, 2.24) is 9.97 Å². The third-order valence-electron chi connectivity index (χ3n) is 2.43. The Morgan fingerprint density at radius 1 is 1.20 bits per heavy atom. The first-order valence-corrected chi connectivity index (χ1v) is 5.47. The van der Waals surface area contributed by atoms with Crippen molar-refractivity contribution in [1.29, 1.82) is 0 Å². The summed E-state index contributed by atoms with van der Waals surface area (Å²) >= 11 is 0. The number of aliphatic hydroxyl groups excluding tert-OH is 1. The summed E-state index contributed by atoms with van der Waals surface area (Å²) in [6, 6.07) is 4.28. The number of aliphatic hydroxyl groups is 1. The van der Waals surface area contributed by atoms with Crippen molar-refractivity contribution in [3.05, 3.63) is 47.5 Å². The molecule has 106 valence electrons. The minimum atomic E-state index is -4.78. The summed E-state index contributed by atoms with van der Waals surface area (Å²) in [5.41, 5.74) is -1.51. The van der Waals surface area contributed by atoms with E-state index in [0.717, 1.165) is 12.1 Å². The molecule has 2 rings (SSSR count). The Kier molecular flexibility index (Phi) is 3.84. The molecule has 1 heterocycles. The van der Waals surface area contributed by atoms with Gasteiger partial charge in [-0.1, -0.05) is 6.07 Å². The monoisotopic (exact) mass is 287 g/mol. The molecule has 0 saturated carbocycles. The summed E-state index contributed by atoms with van der Waals surface area (Å²) in [5, 5.41) is 11.2. The molecule has 0 amide bonds. The van der Waals surface area contributed by atoms with E-state index in [1.165, 1.54) is 12.3 Å². The molecule has 0 saturated heterocycles. The van der Waals surface area contributed by atoms with Gasteiger partial charge in [0.2, 0.25) is 5.95 Å². The molecule has 0 bridgehead atoms. The van der Waals surface area contributed by atoms with Gasteiger partial charge in [0, 0.05) is 6.20 Å². The number of rotatable bonds is 3. The summed E-state index contributed by atoms with van der Waals surface area (Å²) in [6.07, 6.45) is -3.48. The fourth-order valence-electron chi connectivity index (χ4n) is 1.51. The lowest BCUT2D eigenvalue weighted by molar-refractivity contribution is -0.139. The maximum atomic E-state index is 13.7. The summed E-state index contributed by atoms with van der Waals surface area (Å²) in [5.74, 6) is -1.53. The first-order valence-electron chi connectivity index (χ1n) is 5.47. The third kappa shape index (κ3) is 3.02. The van der Waals surface area contributed by atoms with E-state index in [1.54, 1.807) is 0 Å². The van der Waals surface area contributed by atoms with Crippen molar-refractivity contribution in [2.75, 3.05) is 5.32 Å². The van der Waals surface area contributed by atoms with Crippen molar-refractivity contribution in [2.24, 2.45) is 0 Å². The maximum Gasteiger partial charge on any atom is 0.419 e. The second kappa shape index (κ2) is 5.41. The van der Waals surface area contributed by atoms with Crippen molar-refractivity contribution in [3.8, 4) is 0 Å². The summed E-state index contributed by atoms with van der Waals surface area (Å²) in [7, 11) is 0. The molecule has 8 heteroatoms. The van der Waals surface area contributed by atoms with Crippen LogP contribution in [0.3, 0.4) is 0 Å². The van der Waals surface area contributed by atoms with Crippen LogP contribution in [-0.2, 0) is 12.8 Å². The van der Waals surface area contributed by atoms with E-state index in [0.29, 0.717) is 6.07 Å². The molecule has 1 aromatic heterocycles. The molecule has 0 spiro atoms. The number of benzene rings is 1. The van der Waals surface area contributed by atoms with Crippen LogP contribution in [0.4, 0.5) is 29.2 Å². The van der Waals surface area contributed by atoms with E-state index in [2.05, 4.69) is 15.3 Å². The highest BCUT2D eigenvalue weighted by atomic mass is 19.4. The van der Waals surface area contributed by atoms with Crippen molar-refractivity contribution in [3.63, 3.8) is 0 Å². The molecule has 2 N–H and O–H groups in total. The Balaban J connectivity index is 2.34. The van der Waals surface area contributed by atoms with Crippen molar-refractivity contribution < 1.29 is 22.7 Å². The van der Waals surface area contributed by atoms with Gasteiger partial charge >= 0.3 is 6.18 Å². The normalized spacial score (nSPS) is 11.4. The van der Waals surface area contributed by atoms with Gasteiger partial charge in [0.15, 0.2) is 5.82 Å². The van der Waals surface area contributed by atoms with Gasteiger partial charge in [0.25, 0.3) is 0 Å². The molecule has 0 aliphatic heterocycles. The summed E-state index contributed by atoms with van der Waals surface area (Å²) in [6.45, 7) is -0.359. The van der Waals surface area contributed by atoms with E-state index in [1.807, 2.05) is 0 Å². The van der Waals surface area contributed by atoms with Crippen LogP contribution in [0.15, 0.2) is 30.5 Å². The lowest BCUT2D eigenvalue weighted by Gasteiger charge is -2.12. The van der Waals surface area contributed by atoms with Gasteiger partial charge in [-0.25, -0.2) is 14.4 Å². The van der Waals surface area contributed by atoms with Crippen LogP contribution in [0.25, 0.3) is 0 Å². The predicted octanol–water partition coefficient (Wildman–Crippen LogP) is 2.87. The molecule has 0 fully saturated rings. The average molecular weight is 287 g/mol. The molecule has 0 aliphatic carbocycles. The molecule has 2 aromatic rings. The molecule has 20 heavy (non-hydrogen) atoms. The topological polar surface area (TPSA) is 58.0 Å². The van der Waals surface area contributed by atoms with Crippen LogP contribution >= 0.6 is 0 Å². The number of alkyl halides is 3. The van der Waals surface area contributed by atoms with Gasteiger partial charge in [-0.15, -0.1) is 0 Å². The lowest BCUT2D eigenvalue weighted by Crippen LogP contribution is -2.10. The first-order chi connectivity index (χ1) is 9.41. The first kappa shape index (κ1) is 14.2. The fraction of sp³-hybridized carbons (Fsp3) is 0.167. The molecule has 4 nitrogen and oxygen atoms in total. The Hall–Kier alpha value is -2.22. The van der Waals surface area contributed by atoms with Gasteiger partial charge in [0.05, 0.1) is 23.6 Å². The highest BCUT2D eigenvalue weighted by molar-refractivity contribution is 5.56. The number of nitrogens with zero attached hydrogens (tertiary/aromatic N) is 2. The second-order valence-electron chi connectivity index (χ2n) is 3.82. The van der Waals surface area contributed by atoms with Gasteiger partial charge < -0.3 is 10.4 Å². The number of aromatic nitrogens is 2. The Morgan fingerprint density at radius 3 is 2.60 bits per heavy atom. The van der Waals surface area contributed by atoms with Gasteiger partial charge in [-0.05, 0) is 18.2 Å². The molecule has 0 radical (unpaired) electrons. The zero-order chi connectivity index (χ0) is 14.8. The van der Waals surface area contributed by atoms with Crippen LogP contribution in [0.5, 0.6) is 0 Å². The zero-order valence-electron chi connectivity index (χ0n) is 9.95. The Labute approximate surface area is 111 Å². The van der Waals surface area contributed by atoms with E-state index in [4.69, 9.17) is 5.11 Å². The molecule has 0 unspecified atom stereocenters. The van der Waals surface area contributed by atoms with Crippen molar-refractivity contribution in [2.45, 2.75) is 12.8 Å². The third-order valence-corrected chi connectivity index (χ3v) is 2.43. The highest BCUT2D eigenvalue weighted by Gasteiger charge is 2.34. The number of hydrogen-bond donors (Lipinski definition) is 2. The average Bonchev–Trinajstić information content (AvgIpc) is 2.40. The largest absolute Gasteiger partial charge is 0.419 e. The SMILES string of the molecule is OCc1ccnc(Nc2cccc(C(F)(F)F)c2F)n1. The maximum absolute atomic E-state index is 13.7. The molecule has 0 atom stereocenters. The van der Waals surface area contributed by atoms with E-state index in [-0.39, 0.29) is 18.2 Å². The van der Waals surface area contributed by atoms with Crippen LogP contribution in [0, 0.1) is 5.82 Å². The number of halogens is 4. The predicted molar refractivity (Wildman–Crippen MR) is 62.6 cm³/mol. The van der Waals surface area contributed by atoms with Crippen molar-refractivity contribution >= 4 is 11.6 Å². The van der Waals surface area contributed by atoms with Crippen LogP contribution < -0.4 is 5.32 Å². The van der Waals surface area contributed by atoms with Crippen LogP contribution in [-0.4, -0.2) is 15.1 Å². The molecular formula is C12H9F4N3O. The van der Waals surface area contributed by atoms with Gasteiger partial charge in [0.1, 0.15) is 0 Å². The van der Waals surface area contributed by atoms with E-state index < -0.39 is 23.2 Å². The fourth-order valence-corrected chi connectivity index (χ4v) is 1.51. The van der Waals surface area contributed by atoms with Gasteiger partial charge in [-0.2, -0.15) is 13.2 Å². The van der Waals surface area contributed by atoms with E-state index >= 15 is 0 Å². The minimum absolute atomic E-state index is 0.102. The lowest BCUT2D eigenvalue weighted by atomic mass is 10.2.